The molecule has 0 aliphatic carbocycles. The second-order valence-electron chi connectivity index (χ2n) is 3.45. The van der Waals surface area contributed by atoms with E-state index in [1.165, 1.54) is 25.8 Å². The number of Topliss-reactive ketones (excluding diaryl/α,β-unsaturated/α-hetero) is 1. The summed E-state index contributed by atoms with van der Waals surface area (Å²) in [6.07, 6.45) is 0. The van der Waals surface area contributed by atoms with Crippen LogP contribution in [0.2, 0.25) is 0 Å². The molecule has 0 aromatic heterocycles. The highest BCUT2D eigenvalue weighted by atomic mass is 32.2. The Hall–Kier alpha value is -1.49. The van der Waals surface area contributed by atoms with Crippen molar-refractivity contribution in [3.63, 3.8) is 0 Å². The van der Waals surface area contributed by atoms with Crippen LogP contribution in [0.4, 0.5) is 0 Å². The summed E-state index contributed by atoms with van der Waals surface area (Å²) in [6.45, 7) is 1.49. The van der Waals surface area contributed by atoms with Gasteiger partial charge >= 0.3 is 0 Å². The first kappa shape index (κ1) is 13.6. The quantitative estimate of drug-likeness (QED) is 0.704. The van der Waals surface area contributed by atoms with E-state index in [1.807, 2.05) is 0 Å². The Morgan fingerprint density at radius 2 is 2.12 bits per heavy atom. The maximum atomic E-state index is 11.2. The highest BCUT2D eigenvalue weighted by molar-refractivity contribution is 7.99. The summed E-state index contributed by atoms with van der Waals surface area (Å²) >= 11 is 1.21. The molecule has 0 heterocycles. The molecule has 0 amide bonds. The maximum Gasteiger partial charge on any atom is 0.159 e. The summed E-state index contributed by atoms with van der Waals surface area (Å²) in [6, 6.07) is 5.13. The number of benzene rings is 1. The normalized spacial score (nSPS) is 10.0. The minimum absolute atomic E-state index is 0.0289. The molecule has 17 heavy (non-hydrogen) atoms. The van der Waals surface area contributed by atoms with Crippen molar-refractivity contribution in [2.45, 2.75) is 12.7 Å². The van der Waals surface area contributed by atoms with E-state index in [4.69, 9.17) is 4.74 Å². The van der Waals surface area contributed by atoms with E-state index in [2.05, 4.69) is 0 Å². The van der Waals surface area contributed by atoms with Crippen molar-refractivity contribution in [3.8, 4) is 5.75 Å². The van der Waals surface area contributed by atoms with Gasteiger partial charge in [0, 0.05) is 22.6 Å². The van der Waals surface area contributed by atoms with Crippen molar-refractivity contribution < 1.29 is 19.4 Å². The van der Waals surface area contributed by atoms with Crippen LogP contribution in [-0.4, -0.2) is 24.6 Å². The van der Waals surface area contributed by atoms with Crippen LogP contribution in [0.15, 0.2) is 18.2 Å². The molecule has 0 unspecified atom stereocenters. The highest BCUT2D eigenvalue weighted by Crippen LogP contribution is 2.24. The Morgan fingerprint density at radius 1 is 1.41 bits per heavy atom. The number of carboxylic acid groups (broad SMARTS) is 1. The molecule has 1 aromatic rings. The number of thioether (sulfide) groups is 1. The van der Waals surface area contributed by atoms with E-state index in [9.17, 15) is 14.7 Å². The van der Waals surface area contributed by atoms with Crippen molar-refractivity contribution in [3.05, 3.63) is 29.3 Å². The molecular formula is C12H13O4S-. The molecule has 0 atom stereocenters. The number of aliphatic carboxylic acids is 1. The molecule has 1 rings (SSSR count). The van der Waals surface area contributed by atoms with Gasteiger partial charge in [0.2, 0.25) is 0 Å². The Labute approximate surface area is 104 Å². The number of carbonyl (C=O) groups is 2. The summed E-state index contributed by atoms with van der Waals surface area (Å²) in [7, 11) is 1.54. The molecular weight excluding hydrogens is 240 g/mol. The van der Waals surface area contributed by atoms with Gasteiger partial charge in [-0.3, -0.25) is 4.79 Å². The van der Waals surface area contributed by atoms with E-state index >= 15 is 0 Å². The zero-order valence-electron chi connectivity index (χ0n) is 9.69. The van der Waals surface area contributed by atoms with E-state index in [0.717, 1.165) is 5.56 Å². The van der Waals surface area contributed by atoms with E-state index in [-0.39, 0.29) is 11.5 Å². The Balaban J connectivity index is 2.82. The zero-order chi connectivity index (χ0) is 12.8. The largest absolute Gasteiger partial charge is 0.549 e. The van der Waals surface area contributed by atoms with Crippen LogP contribution in [0.3, 0.4) is 0 Å². The average molecular weight is 253 g/mol. The number of hydrogen-bond donors (Lipinski definition) is 0. The van der Waals surface area contributed by atoms with E-state index in [1.54, 1.807) is 18.2 Å². The van der Waals surface area contributed by atoms with Gasteiger partial charge in [0.05, 0.1) is 13.1 Å². The topological polar surface area (TPSA) is 66.4 Å². The summed E-state index contributed by atoms with van der Waals surface area (Å²) in [5.41, 5.74) is 1.40. The first-order valence-corrected chi connectivity index (χ1v) is 6.15. The second kappa shape index (κ2) is 6.30. The van der Waals surface area contributed by atoms with Crippen molar-refractivity contribution in [1.82, 2.24) is 0 Å². The molecule has 0 bridgehead atoms. The summed E-state index contributed by atoms with van der Waals surface area (Å²) in [5.74, 6) is -0.0810. The minimum atomic E-state index is -1.10. The van der Waals surface area contributed by atoms with Crippen LogP contribution in [0.25, 0.3) is 0 Å². The molecule has 0 fully saturated rings. The van der Waals surface area contributed by atoms with Gasteiger partial charge in [-0.05, 0) is 25.1 Å². The molecule has 0 saturated heterocycles. The number of rotatable bonds is 6. The van der Waals surface area contributed by atoms with Crippen LogP contribution >= 0.6 is 11.8 Å². The first-order chi connectivity index (χ1) is 8.04. The molecule has 92 valence electrons. The lowest BCUT2D eigenvalue weighted by Gasteiger charge is -2.10. The van der Waals surface area contributed by atoms with Crippen molar-refractivity contribution in [1.29, 1.82) is 0 Å². The fraction of sp³-hybridized carbons (Fsp3) is 0.333. The lowest BCUT2D eigenvalue weighted by atomic mass is 10.1. The molecule has 4 nitrogen and oxygen atoms in total. The van der Waals surface area contributed by atoms with Gasteiger partial charge in [-0.1, -0.05) is 0 Å². The van der Waals surface area contributed by atoms with Crippen molar-refractivity contribution in [2.24, 2.45) is 0 Å². The number of ether oxygens (including phenoxy) is 1. The van der Waals surface area contributed by atoms with Gasteiger partial charge < -0.3 is 14.6 Å². The Kier molecular flexibility index (Phi) is 5.03. The Bertz CT molecular complexity index is 429. The van der Waals surface area contributed by atoms with E-state index < -0.39 is 5.97 Å². The maximum absolute atomic E-state index is 11.2. The number of hydrogen-bond acceptors (Lipinski definition) is 5. The van der Waals surface area contributed by atoms with Gasteiger partial charge in [-0.2, -0.15) is 11.8 Å². The molecule has 0 aliphatic heterocycles. The molecule has 0 N–H and O–H groups in total. The van der Waals surface area contributed by atoms with E-state index in [0.29, 0.717) is 17.1 Å². The smallest absolute Gasteiger partial charge is 0.159 e. The van der Waals surface area contributed by atoms with Crippen LogP contribution in [0.5, 0.6) is 5.75 Å². The second-order valence-corrected chi connectivity index (χ2v) is 4.43. The number of carboxylic acids is 1. The third-order valence-corrected chi connectivity index (χ3v) is 3.12. The van der Waals surface area contributed by atoms with Crippen LogP contribution in [0, 0.1) is 0 Å². The molecule has 0 spiro atoms. The molecule has 1 aromatic carbocycles. The SMILES string of the molecule is COc1ccc(C(C)=O)cc1CSCC(=O)[O-]. The fourth-order valence-electron chi connectivity index (χ4n) is 1.35. The monoisotopic (exact) mass is 253 g/mol. The number of ketones is 1. The fourth-order valence-corrected chi connectivity index (χ4v) is 2.07. The minimum Gasteiger partial charge on any atom is -0.549 e. The number of methoxy groups -OCH3 is 1. The summed E-state index contributed by atoms with van der Waals surface area (Å²) in [5, 5.41) is 10.3. The highest BCUT2D eigenvalue weighted by Gasteiger charge is 2.07. The van der Waals surface area contributed by atoms with Gasteiger partial charge in [-0.25, -0.2) is 0 Å². The molecule has 5 heteroatoms. The number of carbonyl (C=O) groups excluding carboxylic acids is 2. The van der Waals surface area contributed by atoms with Gasteiger partial charge in [0.15, 0.2) is 5.78 Å². The van der Waals surface area contributed by atoms with Gasteiger partial charge in [0.1, 0.15) is 5.75 Å². The summed E-state index contributed by atoms with van der Waals surface area (Å²) < 4.78 is 5.15. The zero-order valence-corrected chi connectivity index (χ0v) is 10.5. The predicted octanol–water partition coefficient (Wildman–Crippen LogP) is 0.881. The average Bonchev–Trinajstić information content (AvgIpc) is 2.28. The van der Waals surface area contributed by atoms with Gasteiger partial charge in [-0.15, -0.1) is 0 Å². The first-order valence-electron chi connectivity index (χ1n) is 5.00. The van der Waals surface area contributed by atoms with Crippen LogP contribution in [0.1, 0.15) is 22.8 Å². The molecule has 0 aliphatic rings. The Morgan fingerprint density at radius 3 is 2.65 bits per heavy atom. The third kappa shape index (κ3) is 4.11. The van der Waals surface area contributed by atoms with Crippen molar-refractivity contribution in [2.75, 3.05) is 12.9 Å². The lowest BCUT2D eigenvalue weighted by molar-refractivity contribution is -0.301. The van der Waals surface area contributed by atoms with Crippen LogP contribution < -0.4 is 9.84 Å². The third-order valence-electron chi connectivity index (χ3n) is 2.16. The standard InChI is InChI=1S/C12H14O4S/c1-8(13)9-3-4-11(16-2)10(5-9)6-17-7-12(14)15/h3-5H,6-7H2,1-2H3,(H,14,15)/p-1. The van der Waals surface area contributed by atoms with Gasteiger partial charge in [0.25, 0.3) is 0 Å². The van der Waals surface area contributed by atoms with Crippen molar-refractivity contribution >= 4 is 23.5 Å². The lowest BCUT2D eigenvalue weighted by Crippen LogP contribution is -2.24. The molecule has 0 saturated carbocycles. The predicted molar refractivity (Wildman–Crippen MR) is 64.2 cm³/mol. The van der Waals surface area contributed by atoms with Crippen LogP contribution in [-0.2, 0) is 10.5 Å². The molecule has 0 radical (unpaired) electrons. The summed E-state index contributed by atoms with van der Waals surface area (Å²) in [4.78, 5) is 21.5.